The average molecular weight is 344 g/mol. The van der Waals surface area contributed by atoms with Gasteiger partial charge in [0.05, 0.1) is 13.0 Å². The zero-order chi connectivity index (χ0) is 18.1. The topological polar surface area (TPSA) is 67.4 Å². The SMILES string of the molecule is Cc1ccc(C(=O)NCCNC(=O)CCOc2ccccc2)cc1F. The van der Waals surface area contributed by atoms with Crippen molar-refractivity contribution in [2.75, 3.05) is 19.7 Å². The van der Waals surface area contributed by atoms with Gasteiger partial charge in [-0.05, 0) is 36.8 Å². The number of nitrogens with one attached hydrogen (secondary N) is 2. The van der Waals surface area contributed by atoms with E-state index in [9.17, 15) is 14.0 Å². The molecule has 0 atom stereocenters. The molecular weight excluding hydrogens is 323 g/mol. The van der Waals surface area contributed by atoms with Crippen molar-refractivity contribution < 1.29 is 18.7 Å². The van der Waals surface area contributed by atoms with E-state index >= 15 is 0 Å². The van der Waals surface area contributed by atoms with Crippen LogP contribution in [-0.2, 0) is 4.79 Å². The van der Waals surface area contributed by atoms with Gasteiger partial charge in [-0.25, -0.2) is 4.39 Å². The van der Waals surface area contributed by atoms with E-state index in [-0.39, 0.29) is 37.0 Å². The van der Waals surface area contributed by atoms with Gasteiger partial charge in [0.2, 0.25) is 5.91 Å². The van der Waals surface area contributed by atoms with Gasteiger partial charge in [0.15, 0.2) is 0 Å². The van der Waals surface area contributed by atoms with Crippen LogP contribution in [0.5, 0.6) is 5.75 Å². The van der Waals surface area contributed by atoms with Gasteiger partial charge in [-0.15, -0.1) is 0 Å². The predicted molar refractivity (Wildman–Crippen MR) is 93.0 cm³/mol. The largest absolute Gasteiger partial charge is 0.493 e. The van der Waals surface area contributed by atoms with Crippen LogP contribution in [0.15, 0.2) is 48.5 Å². The molecule has 2 amide bonds. The van der Waals surface area contributed by atoms with Crippen molar-refractivity contribution in [3.63, 3.8) is 0 Å². The summed E-state index contributed by atoms with van der Waals surface area (Å²) in [5, 5.41) is 5.32. The van der Waals surface area contributed by atoms with Crippen LogP contribution in [0, 0.1) is 12.7 Å². The third-order valence-electron chi connectivity index (χ3n) is 3.51. The summed E-state index contributed by atoms with van der Waals surface area (Å²) in [5.41, 5.74) is 0.743. The minimum Gasteiger partial charge on any atom is -0.493 e. The minimum absolute atomic E-state index is 0.161. The fraction of sp³-hybridized carbons (Fsp3) is 0.263. The van der Waals surface area contributed by atoms with Crippen LogP contribution in [0.1, 0.15) is 22.3 Å². The molecular formula is C19H21FN2O3. The second-order valence-corrected chi connectivity index (χ2v) is 5.48. The molecule has 0 aliphatic heterocycles. The van der Waals surface area contributed by atoms with Crippen LogP contribution in [0.3, 0.4) is 0 Å². The summed E-state index contributed by atoms with van der Waals surface area (Å²) in [7, 11) is 0. The molecule has 5 nitrogen and oxygen atoms in total. The first-order chi connectivity index (χ1) is 12.1. The first-order valence-electron chi connectivity index (χ1n) is 8.05. The minimum atomic E-state index is -0.417. The Labute approximate surface area is 146 Å². The molecule has 132 valence electrons. The van der Waals surface area contributed by atoms with Crippen molar-refractivity contribution in [2.45, 2.75) is 13.3 Å². The van der Waals surface area contributed by atoms with Gasteiger partial charge in [0.1, 0.15) is 11.6 Å². The van der Waals surface area contributed by atoms with Crippen molar-refractivity contribution in [1.82, 2.24) is 10.6 Å². The van der Waals surface area contributed by atoms with Gasteiger partial charge < -0.3 is 15.4 Å². The number of hydrogen-bond donors (Lipinski definition) is 2. The van der Waals surface area contributed by atoms with E-state index in [4.69, 9.17) is 4.74 Å². The molecule has 0 aliphatic carbocycles. The third kappa shape index (κ3) is 6.25. The van der Waals surface area contributed by atoms with Gasteiger partial charge in [0.25, 0.3) is 5.91 Å². The van der Waals surface area contributed by atoms with Crippen LogP contribution < -0.4 is 15.4 Å². The number of rotatable bonds is 8. The number of halogens is 1. The van der Waals surface area contributed by atoms with E-state index in [2.05, 4.69) is 10.6 Å². The summed E-state index contributed by atoms with van der Waals surface area (Å²) >= 11 is 0. The Morgan fingerprint density at radius 1 is 1.04 bits per heavy atom. The molecule has 0 aromatic heterocycles. The van der Waals surface area contributed by atoms with Crippen molar-refractivity contribution in [2.24, 2.45) is 0 Å². The number of benzene rings is 2. The van der Waals surface area contributed by atoms with Crippen LogP contribution in [0.4, 0.5) is 4.39 Å². The summed E-state index contributed by atoms with van der Waals surface area (Å²) in [5.74, 6) is -0.237. The second kappa shape index (κ2) is 9.42. The number of ether oxygens (including phenoxy) is 1. The molecule has 0 radical (unpaired) electrons. The van der Waals surface area contributed by atoms with E-state index in [1.807, 2.05) is 30.3 Å². The monoisotopic (exact) mass is 344 g/mol. The number of para-hydroxylation sites is 1. The van der Waals surface area contributed by atoms with Gasteiger partial charge in [-0.1, -0.05) is 24.3 Å². The van der Waals surface area contributed by atoms with Crippen molar-refractivity contribution in [3.8, 4) is 5.75 Å². The summed E-state index contributed by atoms with van der Waals surface area (Å²) in [6, 6.07) is 13.6. The number of carbonyl (C=O) groups excluding carboxylic acids is 2. The Morgan fingerprint density at radius 2 is 1.76 bits per heavy atom. The Hall–Kier alpha value is -2.89. The molecule has 0 aliphatic rings. The Balaban J connectivity index is 1.61. The van der Waals surface area contributed by atoms with Crippen molar-refractivity contribution in [3.05, 3.63) is 65.5 Å². The van der Waals surface area contributed by atoms with Gasteiger partial charge >= 0.3 is 0 Å². The van der Waals surface area contributed by atoms with Gasteiger partial charge in [-0.2, -0.15) is 0 Å². The first-order valence-corrected chi connectivity index (χ1v) is 8.05. The summed E-state index contributed by atoms with van der Waals surface area (Å²) in [4.78, 5) is 23.5. The summed E-state index contributed by atoms with van der Waals surface area (Å²) < 4.78 is 18.9. The molecule has 0 fully saturated rings. The van der Waals surface area contributed by atoms with Crippen molar-refractivity contribution >= 4 is 11.8 Å². The Bertz CT molecular complexity index is 720. The number of carbonyl (C=O) groups is 2. The smallest absolute Gasteiger partial charge is 0.251 e. The average Bonchev–Trinajstić information content (AvgIpc) is 2.62. The lowest BCUT2D eigenvalue weighted by Gasteiger charge is -2.08. The fourth-order valence-corrected chi connectivity index (χ4v) is 2.08. The van der Waals surface area contributed by atoms with Crippen LogP contribution >= 0.6 is 0 Å². The molecule has 6 heteroatoms. The fourth-order valence-electron chi connectivity index (χ4n) is 2.08. The normalized spacial score (nSPS) is 10.2. The molecule has 0 unspecified atom stereocenters. The molecule has 2 N–H and O–H groups in total. The molecule has 0 bridgehead atoms. The third-order valence-corrected chi connectivity index (χ3v) is 3.51. The highest BCUT2D eigenvalue weighted by molar-refractivity contribution is 5.94. The van der Waals surface area contributed by atoms with Gasteiger partial charge in [-0.3, -0.25) is 9.59 Å². The maximum Gasteiger partial charge on any atom is 0.251 e. The number of aryl methyl sites for hydroxylation is 1. The highest BCUT2D eigenvalue weighted by atomic mass is 19.1. The van der Waals surface area contributed by atoms with E-state index in [0.717, 1.165) is 0 Å². The predicted octanol–water partition coefficient (Wildman–Crippen LogP) is 2.45. The lowest BCUT2D eigenvalue weighted by Crippen LogP contribution is -2.35. The van der Waals surface area contributed by atoms with Crippen molar-refractivity contribution in [1.29, 1.82) is 0 Å². The molecule has 0 saturated heterocycles. The highest BCUT2D eigenvalue weighted by Gasteiger charge is 2.08. The maximum atomic E-state index is 13.4. The standard InChI is InChI=1S/C19H21FN2O3/c1-14-7-8-15(13-17(14)20)19(24)22-11-10-21-18(23)9-12-25-16-5-3-2-4-6-16/h2-8,13H,9-12H2,1H3,(H,21,23)(H,22,24). The van der Waals surface area contributed by atoms with Crippen LogP contribution in [0.25, 0.3) is 0 Å². The van der Waals surface area contributed by atoms with E-state index in [1.165, 1.54) is 6.07 Å². The lowest BCUT2D eigenvalue weighted by molar-refractivity contribution is -0.121. The summed E-state index contributed by atoms with van der Waals surface area (Å²) in [6.07, 6.45) is 0.228. The molecule has 2 aromatic carbocycles. The van der Waals surface area contributed by atoms with Gasteiger partial charge in [0, 0.05) is 18.7 Å². The van der Waals surface area contributed by atoms with E-state index in [0.29, 0.717) is 17.9 Å². The molecule has 0 spiro atoms. The molecule has 25 heavy (non-hydrogen) atoms. The highest BCUT2D eigenvalue weighted by Crippen LogP contribution is 2.09. The zero-order valence-corrected chi connectivity index (χ0v) is 14.0. The molecule has 2 rings (SSSR count). The molecule has 0 saturated carbocycles. The first kappa shape index (κ1) is 18.4. The van der Waals surface area contributed by atoms with Crippen LogP contribution in [-0.4, -0.2) is 31.5 Å². The zero-order valence-electron chi connectivity index (χ0n) is 14.0. The quantitative estimate of drug-likeness (QED) is 0.723. The van der Waals surface area contributed by atoms with Crippen LogP contribution in [0.2, 0.25) is 0 Å². The molecule has 2 aromatic rings. The van der Waals surface area contributed by atoms with E-state index in [1.54, 1.807) is 19.1 Å². The second-order valence-electron chi connectivity index (χ2n) is 5.48. The number of hydrogen-bond acceptors (Lipinski definition) is 3. The lowest BCUT2D eigenvalue weighted by atomic mass is 10.1. The maximum absolute atomic E-state index is 13.4. The number of amides is 2. The Kier molecular flexibility index (Phi) is 6.95. The molecule has 0 heterocycles. The Morgan fingerprint density at radius 3 is 2.48 bits per heavy atom. The van der Waals surface area contributed by atoms with E-state index < -0.39 is 5.82 Å². The summed E-state index contributed by atoms with van der Waals surface area (Å²) in [6.45, 7) is 2.47.